The molecule has 0 saturated heterocycles. The molecule has 0 N–H and O–H groups in total. The number of allylic oxidation sites excluding steroid dienone is 2. The van der Waals surface area contributed by atoms with Gasteiger partial charge in [-0.25, -0.2) is 0 Å². The van der Waals surface area contributed by atoms with Crippen LogP contribution in [-0.2, 0) is 0 Å². The van der Waals surface area contributed by atoms with E-state index in [0.29, 0.717) is 0 Å². The topological polar surface area (TPSA) is 24.7 Å². The Kier molecular flexibility index (Phi) is 1.21. The van der Waals surface area contributed by atoms with Crippen LogP contribution >= 0.6 is 0 Å². The number of hydrogen-bond acceptors (Lipinski definition) is 2. The quantitative estimate of drug-likeness (QED) is 0.406. The van der Waals surface area contributed by atoms with Crippen molar-refractivity contribution >= 4 is 0 Å². The SMILES string of the molecule is C1=CC=CN=NC=1. The molecule has 34 valence electrons. The molecule has 2 nitrogen and oxygen atoms in total. The first-order chi connectivity index (χ1) is 3.50. The van der Waals surface area contributed by atoms with E-state index in [9.17, 15) is 0 Å². The van der Waals surface area contributed by atoms with E-state index in [0.717, 1.165) is 0 Å². The molecule has 0 unspecified atom stereocenters. The van der Waals surface area contributed by atoms with E-state index in [1.54, 1.807) is 18.4 Å². The fourth-order valence-corrected chi connectivity index (χ4v) is 0.285. The minimum atomic E-state index is 1.51. The molecule has 0 aromatic heterocycles. The Hall–Kier alpha value is -1.14. The number of hydrogen-bond donors (Lipinski definition) is 0. The lowest BCUT2D eigenvalue weighted by Crippen LogP contribution is -1.38. The predicted molar refractivity (Wildman–Crippen MR) is 26.6 cm³/mol. The predicted octanol–water partition coefficient (Wildman–Crippen LogP) is 1.63. The van der Waals surface area contributed by atoms with E-state index < -0.39 is 0 Å². The molecule has 0 atom stereocenters. The summed E-state index contributed by atoms with van der Waals surface area (Å²) >= 11 is 0. The van der Waals surface area contributed by atoms with Crippen LogP contribution in [0.5, 0.6) is 0 Å². The maximum absolute atomic E-state index is 3.57. The zero-order chi connectivity index (χ0) is 4.95. The first kappa shape index (κ1) is 4.03. The highest BCUT2D eigenvalue weighted by Crippen LogP contribution is 1.84. The van der Waals surface area contributed by atoms with Crippen molar-refractivity contribution in [2.75, 3.05) is 0 Å². The minimum Gasteiger partial charge on any atom is -0.159 e. The third-order valence-electron chi connectivity index (χ3n) is 0.544. The van der Waals surface area contributed by atoms with Gasteiger partial charge < -0.3 is 0 Å². The maximum Gasteiger partial charge on any atom is 0.0914 e. The van der Waals surface area contributed by atoms with Crippen LogP contribution in [0.1, 0.15) is 0 Å². The monoisotopic (exact) mass is 92.0 g/mol. The molecule has 1 rings (SSSR count). The minimum absolute atomic E-state index is 1.51. The zero-order valence-corrected chi connectivity index (χ0v) is 3.70. The van der Waals surface area contributed by atoms with Crippen molar-refractivity contribution in [2.24, 2.45) is 10.2 Å². The lowest BCUT2D eigenvalue weighted by molar-refractivity contribution is 1.24. The van der Waals surface area contributed by atoms with Gasteiger partial charge in [-0.1, -0.05) is 5.73 Å². The number of azo groups is 1. The Morgan fingerprint density at radius 1 is 1.29 bits per heavy atom. The summed E-state index contributed by atoms with van der Waals surface area (Å²) in [5.41, 5.74) is 2.75. The lowest BCUT2D eigenvalue weighted by atomic mass is 10.6. The highest BCUT2D eigenvalue weighted by atomic mass is 15.1. The Labute approximate surface area is 41.6 Å². The van der Waals surface area contributed by atoms with Crippen LogP contribution in [0.4, 0.5) is 0 Å². The third-order valence-corrected chi connectivity index (χ3v) is 0.544. The van der Waals surface area contributed by atoms with Crippen molar-refractivity contribution in [3.8, 4) is 0 Å². The fraction of sp³-hybridized carbons (Fsp3) is 0. The largest absolute Gasteiger partial charge is 0.159 e. The molecule has 0 amide bonds. The third kappa shape index (κ3) is 1.16. The van der Waals surface area contributed by atoms with Crippen LogP contribution in [0.15, 0.2) is 40.5 Å². The molecule has 0 aromatic rings. The molecule has 1 aliphatic heterocycles. The van der Waals surface area contributed by atoms with Gasteiger partial charge in [0.2, 0.25) is 0 Å². The molecule has 0 aliphatic carbocycles. The van der Waals surface area contributed by atoms with Crippen LogP contribution in [0.3, 0.4) is 0 Å². The van der Waals surface area contributed by atoms with Gasteiger partial charge in [0, 0.05) is 0 Å². The molecule has 0 fully saturated rings. The molecule has 1 heterocycles. The molecule has 7 heavy (non-hydrogen) atoms. The Morgan fingerprint density at radius 3 is 3.29 bits per heavy atom. The van der Waals surface area contributed by atoms with E-state index in [-0.39, 0.29) is 0 Å². The Balaban J connectivity index is 2.86. The van der Waals surface area contributed by atoms with Gasteiger partial charge in [0.25, 0.3) is 0 Å². The van der Waals surface area contributed by atoms with Crippen molar-refractivity contribution in [1.82, 2.24) is 0 Å². The van der Waals surface area contributed by atoms with Crippen LogP contribution < -0.4 is 0 Å². The highest BCUT2D eigenvalue weighted by Gasteiger charge is 1.64. The second kappa shape index (κ2) is 2.11. The summed E-state index contributed by atoms with van der Waals surface area (Å²) in [6.45, 7) is 0. The fourth-order valence-electron chi connectivity index (χ4n) is 0.285. The van der Waals surface area contributed by atoms with Gasteiger partial charge in [-0.15, -0.1) is 0 Å². The van der Waals surface area contributed by atoms with Crippen molar-refractivity contribution < 1.29 is 0 Å². The molecule has 0 bridgehead atoms. The van der Waals surface area contributed by atoms with Gasteiger partial charge in [-0.2, -0.15) is 10.2 Å². The zero-order valence-electron chi connectivity index (χ0n) is 3.70. The summed E-state index contributed by atoms with van der Waals surface area (Å²) in [7, 11) is 0. The van der Waals surface area contributed by atoms with Crippen LogP contribution in [-0.4, -0.2) is 0 Å². The average molecular weight is 92.1 g/mol. The van der Waals surface area contributed by atoms with Crippen LogP contribution in [0, 0.1) is 0 Å². The van der Waals surface area contributed by atoms with Gasteiger partial charge in [0.1, 0.15) is 0 Å². The summed E-state index contributed by atoms with van der Waals surface area (Å²) in [5.74, 6) is 0. The smallest absolute Gasteiger partial charge is 0.0914 e. The average Bonchev–Trinajstić information content (AvgIpc) is 1.90. The molecule has 0 aromatic carbocycles. The summed E-state index contributed by atoms with van der Waals surface area (Å²) in [5, 5.41) is 7.11. The second-order valence-electron chi connectivity index (χ2n) is 1.03. The van der Waals surface area contributed by atoms with E-state index in [1.165, 1.54) is 6.20 Å². The first-order valence-electron chi connectivity index (χ1n) is 1.96. The summed E-state index contributed by atoms with van der Waals surface area (Å²) < 4.78 is 0. The maximum atomic E-state index is 3.57. The van der Waals surface area contributed by atoms with Gasteiger partial charge in [0.15, 0.2) is 0 Å². The van der Waals surface area contributed by atoms with Crippen molar-refractivity contribution in [2.45, 2.75) is 0 Å². The summed E-state index contributed by atoms with van der Waals surface area (Å²) in [4.78, 5) is 0. The van der Waals surface area contributed by atoms with E-state index in [2.05, 4.69) is 16.0 Å². The summed E-state index contributed by atoms with van der Waals surface area (Å²) in [6, 6.07) is 0. The summed E-state index contributed by atoms with van der Waals surface area (Å²) in [6.07, 6.45) is 6.64. The van der Waals surface area contributed by atoms with Gasteiger partial charge >= 0.3 is 0 Å². The molecule has 0 radical (unpaired) electrons. The molecule has 0 spiro atoms. The normalized spacial score (nSPS) is 14.9. The van der Waals surface area contributed by atoms with Crippen LogP contribution in [0.25, 0.3) is 0 Å². The molecule has 1 aliphatic rings. The number of nitrogens with zero attached hydrogens (tertiary/aromatic N) is 2. The standard InChI is InChI=1S/C5H4N2/c1-2-4-6-7-5-3-1/h1-2,4-5H. The molecule has 0 saturated carbocycles. The van der Waals surface area contributed by atoms with Crippen molar-refractivity contribution in [3.05, 3.63) is 30.3 Å². The van der Waals surface area contributed by atoms with Gasteiger partial charge in [-0.3, -0.25) is 0 Å². The van der Waals surface area contributed by atoms with Crippen molar-refractivity contribution in [3.63, 3.8) is 0 Å². The second-order valence-corrected chi connectivity index (χ2v) is 1.03. The van der Waals surface area contributed by atoms with E-state index >= 15 is 0 Å². The molecule has 2 heteroatoms. The van der Waals surface area contributed by atoms with E-state index in [1.807, 2.05) is 0 Å². The Bertz CT molecular complexity index is 143. The first-order valence-corrected chi connectivity index (χ1v) is 1.96. The lowest BCUT2D eigenvalue weighted by Gasteiger charge is -1.61. The number of rotatable bonds is 0. The van der Waals surface area contributed by atoms with Gasteiger partial charge in [0.05, 0.1) is 12.4 Å². The van der Waals surface area contributed by atoms with Gasteiger partial charge in [-0.05, 0) is 12.2 Å². The van der Waals surface area contributed by atoms with Crippen LogP contribution in [0.2, 0.25) is 0 Å². The highest BCUT2D eigenvalue weighted by molar-refractivity contribution is 5.02. The molecular formula is C5H4N2. The molecular weight excluding hydrogens is 88.1 g/mol. The van der Waals surface area contributed by atoms with Crippen molar-refractivity contribution in [1.29, 1.82) is 0 Å². The Morgan fingerprint density at radius 2 is 2.29 bits per heavy atom. The van der Waals surface area contributed by atoms with E-state index in [4.69, 9.17) is 0 Å².